The van der Waals surface area contributed by atoms with Crippen LogP contribution in [0.5, 0.6) is 0 Å². The highest BCUT2D eigenvalue weighted by Crippen LogP contribution is 2.37. The average molecular weight is 419 g/mol. The largest absolute Gasteiger partial charge is 0.339 e. The molecule has 168 valence electrons. The van der Waals surface area contributed by atoms with Crippen molar-refractivity contribution >= 4 is 17.8 Å². The molecule has 7 heteroatoms. The first kappa shape index (κ1) is 22.8. The van der Waals surface area contributed by atoms with E-state index in [1.54, 1.807) is 0 Å². The van der Waals surface area contributed by atoms with Gasteiger partial charge in [-0.15, -0.1) is 0 Å². The van der Waals surface area contributed by atoms with Gasteiger partial charge in [0.1, 0.15) is 5.54 Å². The summed E-state index contributed by atoms with van der Waals surface area (Å²) < 4.78 is 0. The average Bonchev–Trinajstić information content (AvgIpc) is 3.26. The Morgan fingerprint density at radius 3 is 2.47 bits per heavy atom. The number of likely N-dealkylation sites (tertiary alicyclic amines) is 2. The number of imide groups is 1. The Labute approximate surface area is 180 Å². The molecule has 7 nitrogen and oxygen atoms in total. The summed E-state index contributed by atoms with van der Waals surface area (Å²) >= 11 is 0. The number of nitrogens with one attached hydrogen (secondary N) is 1. The molecule has 0 radical (unpaired) electrons. The topological polar surface area (TPSA) is 73.0 Å². The van der Waals surface area contributed by atoms with E-state index in [0.717, 1.165) is 44.2 Å². The van der Waals surface area contributed by atoms with Crippen LogP contribution in [0.25, 0.3) is 0 Å². The number of rotatable bonds is 7. The first-order chi connectivity index (χ1) is 14.3. The van der Waals surface area contributed by atoms with Crippen LogP contribution >= 0.6 is 0 Å². The second-order valence-electron chi connectivity index (χ2n) is 9.21. The van der Waals surface area contributed by atoms with Gasteiger partial charge in [0, 0.05) is 31.2 Å². The predicted octanol–water partition coefficient (Wildman–Crippen LogP) is 2.77. The van der Waals surface area contributed by atoms with E-state index in [-0.39, 0.29) is 23.8 Å². The Kier molecular flexibility index (Phi) is 7.22. The second kappa shape index (κ2) is 9.50. The van der Waals surface area contributed by atoms with Gasteiger partial charge in [-0.1, -0.05) is 19.4 Å². The molecular formula is C23H38N4O3. The summed E-state index contributed by atoms with van der Waals surface area (Å²) in [6, 6.07) is 0.216. The summed E-state index contributed by atoms with van der Waals surface area (Å²) in [5.74, 6) is 0.0945. The molecule has 30 heavy (non-hydrogen) atoms. The van der Waals surface area contributed by atoms with Gasteiger partial charge >= 0.3 is 6.03 Å². The molecule has 0 spiro atoms. The number of nitrogens with zero attached hydrogens (tertiary/aromatic N) is 3. The molecule has 2 atom stereocenters. The SMILES string of the molecule is C/C=C(\C)C(=O)N1CCC([C@]2(CCC)NC(=O)N(CC[C@@H]3CCCN3C)C2=O)CC1. The number of amides is 4. The zero-order valence-electron chi connectivity index (χ0n) is 19.1. The first-order valence-electron chi connectivity index (χ1n) is 11.6. The summed E-state index contributed by atoms with van der Waals surface area (Å²) in [6.07, 6.45) is 7.98. The van der Waals surface area contributed by atoms with Gasteiger partial charge in [0.05, 0.1) is 0 Å². The second-order valence-corrected chi connectivity index (χ2v) is 9.21. The van der Waals surface area contributed by atoms with Crippen LogP contribution in [0.15, 0.2) is 11.6 Å². The van der Waals surface area contributed by atoms with Gasteiger partial charge < -0.3 is 15.1 Å². The highest BCUT2D eigenvalue weighted by Gasteiger charge is 2.55. The fraction of sp³-hybridized carbons (Fsp3) is 0.783. The number of piperidine rings is 1. The zero-order chi connectivity index (χ0) is 21.9. The van der Waals surface area contributed by atoms with E-state index in [1.165, 1.54) is 11.3 Å². The lowest BCUT2D eigenvalue weighted by Gasteiger charge is -2.41. The number of urea groups is 1. The molecule has 3 saturated heterocycles. The maximum Gasteiger partial charge on any atom is 0.325 e. The Morgan fingerprint density at radius 1 is 1.20 bits per heavy atom. The van der Waals surface area contributed by atoms with Crippen molar-refractivity contribution in [2.75, 3.05) is 33.2 Å². The van der Waals surface area contributed by atoms with Crippen LogP contribution in [0.3, 0.4) is 0 Å². The van der Waals surface area contributed by atoms with Crippen molar-refractivity contribution in [2.45, 2.75) is 77.3 Å². The van der Waals surface area contributed by atoms with Crippen LogP contribution in [0.1, 0.15) is 65.7 Å². The van der Waals surface area contributed by atoms with Gasteiger partial charge in [0.15, 0.2) is 0 Å². The lowest BCUT2D eigenvalue weighted by atomic mass is 9.74. The third-order valence-electron chi connectivity index (χ3n) is 7.45. The van der Waals surface area contributed by atoms with Crippen molar-refractivity contribution < 1.29 is 14.4 Å². The van der Waals surface area contributed by atoms with Crippen molar-refractivity contribution in [3.63, 3.8) is 0 Å². The fourth-order valence-corrected chi connectivity index (χ4v) is 5.46. The first-order valence-corrected chi connectivity index (χ1v) is 11.6. The Hall–Kier alpha value is -1.89. The van der Waals surface area contributed by atoms with E-state index in [0.29, 0.717) is 32.1 Å². The third kappa shape index (κ3) is 4.27. The molecule has 0 aromatic heterocycles. The Balaban J connectivity index is 1.67. The smallest absolute Gasteiger partial charge is 0.325 e. The van der Waals surface area contributed by atoms with E-state index in [1.807, 2.05) is 24.8 Å². The molecule has 3 aliphatic heterocycles. The van der Waals surface area contributed by atoms with Gasteiger partial charge in [0.25, 0.3) is 5.91 Å². The molecule has 0 unspecified atom stereocenters. The minimum atomic E-state index is -0.807. The molecule has 0 aliphatic carbocycles. The van der Waals surface area contributed by atoms with Crippen LogP contribution < -0.4 is 5.32 Å². The quantitative estimate of drug-likeness (QED) is 0.510. The number of carbonyl (C=O) groups excluding carboxylic acids is 3. The Morgan fingerprint density at radius 2 is 1.90 bits per heavy atom. The van der Waals surface area contributed by atoms with E-state index in [2.05, 4.69) is 24.2 Å². The van der Waals surface area contributed by atoms with Gasteiger partial charge in [-0.05, 0) is 71.9 Å². The molecule has 0 saturated carbocycles. The maximum absolute atomic E-state index is 13.5. The third-order valence-corrected chi connectivity index (χ3v) is 7.45. The van der Waals surface area contributed by atoms with Crippen molar-refractivity contribution in [1.82, 2.24) is 20.0 Å². The van der Waals surface area contributed by atoms with Gasteiger partial charge in [-0.2, -0.15) is 0 Å². The van der Waals surface area contributed by atoms with Crippen LogP contribution in [0.2, 0.25) is 0 Å². The predicted molar refractivity (Wildman–Crippen MR) is 117 cm³/mol. The zero-order valence-corrected chi connectivity index (χ0v) is 19.1. The molecule has 3 rings (SSSR count). The lowest BCUT2D eigenvalue weighted by molar-refractivity contribution is -0.135. The molecule has 0 bridgehead atoms. The highest BCUT2D eigenvalue weighted by atomic mass is 16.2. The van der Waals surface area contributed by atoms with Gasteiger partial charge in [-0.25, -0.2) is 4.79 Å². The molecule has 0 aromatic rings. The van der Waals surface area contributed by atoms with E-state index >= 15 is 0 Å². The molecule has 1 N–H and O–H groups in total. The number of hydrogen-bond acceptors (Lipinski definition) is 4. The van der Waals surface area contributed by atoms with Crippen molar-refractivity contribution in [2.24, 2.45) is 5.92 Å². The molecule has 0 aromatic carbocycles. The Bertz CT molecular complexity index is 699. The highest BCUT2D eigenvalue weighted by molar-refractivity contribution is 6.07. The molecular weight excluding hydrogens is 380 g/mol. The normalized spacial score (nSPS) is 29.1. The fourth-order valence-electron chi connectivity index (χ4n) is 5.46. The van der Waals surface area contributed by atoms with Crippen LogP contribution in [-0.2, 0) is 9.59 Å². The number of hydrogen-bond donors (Lipinski definition) is 1. The minimum Gasteiger partial charge on any atom is -0.339 e. The van der Waals surface area contributed by atoms with Gasteiger partial charge in [0.2, 0.25) is 5.91 Å². The van der Waals surface area contributed by atoms with Crippen LogP contribution in [-0.4, -0.2) is 77.4 Å². The van der Waals surface area contributed by atoms with E-state index < -0.39 is 5.54 Å². The summed E-state index contributed by atoms with van der Waals surface area (Å²) in [7, 11) is 2.12. The number of carbonyl (C=O) groups is 3. The summed E-state index contributed by atoms with van der Waals surface area (Å²) in [5.41, 5.74) is -0.0527. The standard InChI is InChI=1S/C23H38N4O3/c1-5-12-23(18-9-14-26(15-10-18)20(28)17(3)6-2)21(29)27(22(30)24-23)16-11-19-8-7-13-25(19)4/h6,18-19H,5,7-16H2,1-4H3,(H,24,30)/b17-6+/t19-,23-/m0/s1. The maximum atomic E-state index is 13.5. The van der Waals surface area contributed by atoms with Crippen LogP contribution in [0.4, 0.5) is 4.79 Å². The van der Waals surface area contributed by atoms with Crippen LogP contribution in [0, 0.1) is 5.92 Å². The van der Waals surface area contributed by atoms with E-state index in [9.17, 15) is 14.4 Å². The molecule has 3 aliphatic rings. The van der Waals surface area contributed by atoms with Crippen molar-refractivity contribution in [1.29, 1.82) is 0 Å². The molecule has 4 amide bonds. The summed E-state index contributed by atoms with van der Waals surface area (Å²) in [4.78, 5) is 44.5. The molecule has 3 fully saturated rings. The summed E-state index contributed by atoms with van der Waals surface area (Å²) in [6.45, 7) is 8.63. The van der Waals surface area contributed by atoms with E-state index in [4.69, 9.17) is 0 Å². The lowest BCUT2D eigenvalue weighted by Crippen LogP contribution is -2.56. The monoisotopic (exact) mass is 418 g/mol. The summed E-state index contributed by atoms with van der Waals surface area (Å²) in [5, 5.41) is 3.11. The molecule has 3 heterocycles. The van der Waals surface area contributed by atoms with Crippen molar-refractivity contribution in [3.8, 4) is 0 Å². The van der Waals surface area contributed by atoms with Gasteiger partial charge in [-0.3, -0.25) is 14.5 Å². The number of allylic oxidation sites excluding steroid dienone is 1. The minimum absolute atomic E-state index is 0.0515. The van der Waals surface area contributed by atoms with Crippen molar-refractivity contribution in [3.05, 3.63) is 11.6 Å².